The maximum absolute atomic E-state index is 12.4. The van der Waals surface area contributed by atoms with E-state index in [-0.39, 0.29) is 11.5 Å². The van der Waals surface area contributed by atoms with E-state index in [9.17, 15) is 9.59 Å². The summed E-state index contributed by atoms with van der Waals surface area (Å²) in [7, 11) is 1.97. The highest BCUT2D eigenvalue weighted by Crippen LogP contribution is 2.31. The first-order valence-electron chi connectivity index (χ1n) is 8.60. The molecular formula is C21H17N3O3S. The Labute approximate surface area is 165 Å². The molecule has 4 rings (SSSR count). The summed E-state index contributed by atoms with van der Waals surface area (Å²) in [5, 5.41) is 13.4. The van der Waals surface area contributed by atoms with Crippen LogP contribution in [-0.4, -0.2) is 26.7 Å². The average Bonchev–Trinajstić information content (AvgIpc) is 3.17. The Kier molecular flexibility index (Phi) is 4.52. The molecule has 0 aliphatic carbocycles. The van der Waals surface area contributed by atoms with E-state index in [2.05, 4.69) is 10.3 Å². The number of carboxylic acid groups (broad SMARTS) is 1. The minimum absolute atomic E-state index is 0.158. The van der Waals surface area contributed by atoms with Crippen molar-refractivity contribution < 1.29 is 14.7 Å². The standard InChI is InChI=1S/C21H17N3O3S/c1-12-7-8-13(20(26)27)9-16(12)22-21-23-19(25)18(28-21)10-14-11-24(2)17-6-4-3-5-15(14)17/h3-11H,1-2H3,(H,26,27)(H,22,23,25). The van der Waals surface area contributed by atoms with Crippen molar-refractivity contribution >= 4 is 51.5 Å². The lowest BCUT2D eigenvalue weighted by Gasteiger charge is -2.03. The third-order valence-electron chi connectivity index (χ3n) is 4.54. The molecule has 1 aromatic heterocycles. The number of carboxylic acids is 1. The van der Waals surface area contributed by atoms with Gasteiger partial charge in [0.05, 0.1) is 16.2 Å². The van der Waals surface area contributed by atoms with Gasteiger partial charge in [-0.25, -0.2) is 9.79 Å². The largest absolute Gasteiger partial charge is 0.478 e. The Bertz CT molecular complexity index is 1190. The lowest BCUT2D eigenvalue weighted by Crippen LogP contribution is -2.19. The summed E-state index contributed by atoms with van der Waals surface area (Å²) in [4.78, 5) is 28.6. The summed E-state index contributed by atoms with van der Waals surface area (Å²) in [6.07, 6.45) is 3.84. The van der Waals surface area contributed by atoms with E-state index in [1.54, 1.807) is 6.07 Å². The van der Waals surface area contributed by atoms with E-state index in [1.807, 2.05) is 55.1 Å². The number of aliphatic imine (C=N–C) groups is 1. The van der Waals surface area contributed by atoms with Gasteiger partial charge in [-0.15, -0.1) is 0 Å². The maximum Gasteiger partial charge on any atom is 0.335 e. The smallest absolute Gasteiger partial charge is 0.335 e. The van der Waals surface area contributed by atoms with Gasteiger partial charge in [0.15, 0.2) is 5.17 Å². The zero-order valence-electron chi connectivity index (χ0n) is 15.3. The van der Waals surface area contributed by atoms with E-state index < -0.39 is 5.97 Å². The van der Waals surface area contributed by atoms with E-state index in [0.29, 0.717) is 15.8 Å². The van der Waals surface area contributed by atoms with Crippen LogP contribution in [0.1, 0.15) is 21.5 Å². The van der Waals surface area contributed by atoms with Crippen LogP contribution in [0.5, 0.6) is 0 Å². The Morgan fingerprint density at radius 3 is 2.82 bits per heavy atom. The fourth-order valence-electron chi connectivity index (χ4n) is 3.08. The van der Waals surface area contributed by atoms with Gasteiger partial charge in [-0.1, -0.05) is 24.3 Å². The number of para-hydroxylation sites is 1. The molecule has 2 aromatic carbocycles. The van der Waals surface area contributed by atoms with Crippen molar-refractivity contribution in [2.24, 2.45) is 12.0 Å². The van der Waals surface area contributed by atoms with Crippen molar-refractivity contribution in [1.29, 1.82) is 0 Å². The number of hydrogen-bond donors (Lipinski definition) is 2. The van der Waals surface area contributed by atoms with Crippen LogP contribution in [0.3, 0.4) is 0 Å². The highest BCUT2D eigenvalue weighted by Gasteiger charge is 2.24. The molecular weight excluding hydrogens is 374 g/mol. The lowest BCUT2D eigenvalue weighted by atomic mass is 10.1. The number of aryl methyl sites for hydroxylation is 2. The lowest BCUT2D eigenvalue weighted by molar-refractivity contribution is -0.115. The van der Waals surface area contributed by atoms with Gasteiger partial charge in [0, 0.05) is 29.7 Å². The number of thioether (sulfide) groups is 1. The maximum atomic E-state index is 12.4. The summed E-state index contributed by atoms with van der Waals surface area (Å²) in [6, 6.07) is 12.7. The van der Waals surface area contributed by atoms with E-state index in [1.165, 1.54) is 23.9 Å². The summed E-state index contributed by atoms with van der Waals surface area (Å²) < 4.78 is 2.02. The normalized spacial score (nSPS) is 16.9. The Hall–Kier alpha value is -3.32. The van der Waals surface area contributed by atoms with Crippen molar-refractivity contribution in [3.05, 3.63) is 70.3 Å². The second-order valence-corrected chi connectivity index (χ2v) is 7.53. The molecule has 1 aliphatic heterocycles. The highest BCUT2D eigenvalue weighted by molar-refractivity contribution is 8.18. The zero-order valence-corrected chi connectivity index (χ0v) is 16.1. The Morgan fingerprint density at radius 1 is 1.25 bits per heavy atom. The van der Waals surface area contributed by atoms with Crippen LogP contribution in [0.2, 0.25) is 0 Å². The first-order valence-corrected chi connectivity index (χ1v) is 9.41. The van der Waals surface area contributed by atoms with E-state index in [0.717, 1.165) is 22.0 Å². The highest BCUT2D eigenvalue weighted by atomic mass is 32.2. The first-order chi connectivity index (χ1) is 13.4. The van der Waals surface area contributed by atoms with Crippen LogP contribution in [-0.2, 0) is 11.8 Å². The van der Waals surface area contributed by atoms with Gasteiger partial charge in [-0.3, -0.25) is 4.79 Å². The molecule has 0 radical (unpaired) electrons. The van der Waals surface area contributed by atoms with Crippen molar-refractivity contribution in [2.45, 2.75) is 6.92 Å². The molecule has 2 heterocycles. The summed E-state index contributed by atoms with van der Waals surface area (Å²) in [5.74, 6) is -1.23. The molecule has 7 heteroatoms. The van der Waals surface area contributed by atoms with Crippen LogP contribution >= 0.6 is 11.8 Å². The fourth-order valence-corrected chi connectivity index (χ4v) is 3.91. The molecule has 0 bridgehead atoms. The van der Waals surface area contributed by atoms with Crippen LogP contribution in [0.4, 0.5) is 5.69 Å². The van der Waals surface area contributed by atoms with Gasteiger partial charge in [0.1, 0.15) is 0 Å². The minimum atomic E-state index is -1.01. The van der Waals surface area contributed by atoms with Gasteiger partial charge in [-0.05, 0) is 48.5 Å². The molecule has 1 amide bonds. The van der Waals surface area contributed by atoms with Gasteiger partial charge in [0.25, 0.3) is 5.91 Å². The average molecular weight is 391 g/mol. The number of nitrogens with one attached hydrogen (secondary N) is 1. The fraction of sp³-hybridized carbons (Fsp3) is 0.0952. The zero-order chi connectivity index (χ0) is 19.8. The monoisotopic (exact) mass is 391 g/mol. The Morgan fingerprint density at radius 2 is 2.04 bits per heavy atom. The van der Waals surface area contributed by atoms with Crippen molar-refractivity contribution in [2.75, 3.05) is 0 Å². The van der Waals surface area contributed by atoms with Crippen LogP contribution in [0.15, 0.2) is 58.6 Å². The molecule has 3 aromatic rings. The first kappa shape index (κ1) is 18.1. The van der Waals surface area contributed by atoms with Gasteiger partial charge >= 0.3 is 5.97 Å². The molecule has 1 saturated heterocycles. The molecule has 0 unspecified atom stereocenters. The number of aromatic carboxylic acids is 1. The third-order valence-corrected chi connectivity index (χ3v) is 5.45. The van der Waals surface area contributed by atoms with Gasteiger partial charge < -0.3 is 15.0 Å². The summed E-state index contributed by atoms with van der Waals surface area (Å²) in [6.45, 7) is 1.85. The molecule has 28 heavy (non-hydrogen) atoms. The second kappa shape index (κ2) is 7.01. The van der Waals surface area contributed by atoms with Crippen molar-refractivity contribution in [3.63, 3.8) is 0 Å². The third kappa shape index (κ3) is 3.32. The molecule has 0 saturated carbocycles. The van der Waals surface area contributed by atoms with Gasteiger partial charge in [0.2, 0.25) is 0 Å². The number of amidine groups is 1. The molecule has 2 N–H and O–H groups in total. The van der Waals surface area contributed by atoms with Crippen molar-refractivity contribution in [1.82, 2.24) is 9.88 Å². The molecule has 0 spiro atoms. The number of rotatable bonds is 3. The number of nitrogens with zero attached hydrogens (tertiary/aromatic N) is 2. The predicted molar refractivity (Wildman–Crippen MR) is 112 cm³/mol. The number of fused-ring (bicyclic) bond motifs is 1. The second-order valence-electron chi connectivity index (χ2n) is 6.50. The van der Waals surface area contributed by atoms with Crippen LogP contribution < -0.4 is 5.32 Å². The minimum Gasteiger partial charge on any atom is -0.478 e. The van der Waals surface area contributed by atoms with Crippen LogP contribution in [0, 0.1) is 6.92 Å². The number of hydrogen-bond acceptors (Lipinski definition) is 4. The molecule has 6 nitrogen and oxygen atoms in total. The Balaban J connectivity index is 1.68. The van der Waals surface area contributed by atoms with Crippen molar-refractivity contribution in [3.8, 4) is 0 Å². The van der Waals surface area contributed by atoms with E-state index >= 15 is 0 Å². The summed E-state index contributed by atoms with van der Waals surface area (Å²) in [5.41, 5.74) is 3.56. The number of amides is 1. The molecule has 1 fully saturated rings. The van der Waals surface area contributed by atoms with E-state index in [4.69, 9.17) is 5.11 Å². The molecule has 140 valence electrons. The number of aromatic nitrogens is 1. The number of benzene rings is 2. The van der Waals surface area contributed by atoms with Crippen LogP contribution in [0.25, 0.3) is 17.0 Å². The summed E-state index contributed by atoms with van der Waals surface area (Å²) >= 11 is 1.24. The SMILES string of the molecule is Cc1ccc(C(=O)O)cc1N=C1NC(=O)C(=Cc2cn(C)c3ccccc23)S1. The topological polar surface area (TPSA) is 83.7 Å². The quantitative estimate of drug-likeness (QED) is 0.659. The predicted octanol–water partition coefficient (Wildman–Crippen LogP) is 4.08. The van der Waals surface area contributed by atoms with Gasteiger partial charge in [-0.2, -0.15) is 0 Å². The number of carbonyl (C=O) groups is 2. The molecule has 0 atom stereocenters. The number of carbonyl (C=O) groups excluding carboxylic acids is 1. The molecule has 1 aliphatic rings.